The lowest BCUT2D eigenvalue weighted by Gasteiger charge is -2.44. The molecule has 0 saturated heterocycles. The minimum atomic E-state index is -6.88. The van der Waals surface area contributed by atoms with E-state index in [1.807, 2.05) is 0 Å². The topological polar surface area (TPSA) is 92.2 Å². The molecule has 0 aromatic heterocycles. The van der Waals surface area contributed by atoms with Crippen LogP contribution in [0.4, 0.5) is 52.7 Å². The van der Waals surface area contributed by atoms with Gasteiger partial charge in [-0.1, -0.05) is 65.7 Å². The summed E-state index contributed by atoms with van der Waals surface area (Å²) in [4.78, 5) is 31.6. The van der Waals surface area contributed by atoms with Crippen LogP contribution < -0.4 is 10.6 Å². The molecule has 19 heteroatoms. The summed E-state index contributed by atoms with van der Waals surface area (Å²) < 4.78 is 183. The van der Waals surface area contributed by atoms with Crippen LogP contribution in [0.2, 0.25) is 0 Å². The number of halogens is 12. The highest BCUT2D eigenvalue weighted by atomic mass is 19.4. The van der Waals surface area contributed by atoms with Gasteiger partial charge in [0, 0.05) is 17.7 Å². The van der Waals surface area contributed by atoms with Crippen molar-refractivity contribution in [1.82, 2.24) is 10.6 Å². The summed E-state index contributed by atoms with van der Waals surface area (Å²) in [6.45, 7) is 1.99. The van der Waals surface area contributed by atoms with E-state index in [0.717, 1.165) is 48.5 Å². The van der Waals surface area contributed by atoms with Crippen molar-refractivity contribution in [1.29, 1.82) is 0 Å². The van der Waals surface area contributed by atoms with Crippen molar-refractivity contribution in [2.45, 2.75) is 56.3 Å². The number of aliphatic imine (C=N–C) groups is 2. The number of carbonyl (C=O) groups excluding carboxylic acids is 2. The molecule has 1 atom stereocenters. The van der Waals surface area contributed by atoms with Crippen molar-refractivity contribution in [3.8, 4) is 0 Å². The van der Waals surface area contributed by atoms with Gasteiger partial charge in [0.05, 0.1) is 0 Å². The van der Waals surface area contributed by atoms with Gasteiger partial charge >= 0.3 is 30.4 Å². The molecule has 274 valence electrons. The third-order valence-corrected chi connectivity index (χ3v) is 7.60. The number of amides is 2. The molecule has 2 amide bonds. The summed E-state index contributed by atoms with van der Waals surface area (Å²) in [5.41, 5.74) is -12.6. The predicted molar refractivity (Wildman–Crippen MR) is 156 cm³/mol. The number of hydrogen-bond acceptors (Lipinski definition) is 5. The Kier molecular flexibility index (Phi) is 10.3. The van der Waals surface area contributed by atoms with Gasteiger partial charge in [0.25, 0.3) is 11.4 Å². The van der Waals surface area contributed by atoms with Crippen LogP contribution >= 0.6 is 0 Å². The van der Waals surface area contributed by atoms with E-state index < -0.39 is 83.1 Å². The van der Waals surface area contributed by atoms with Gasteiger partial charge in [-0.3, -0.25) is 9.59 Å². The summed E-state index contributed by atoms with van der Waals surface area (Å²) in [5.74, 6) is -13.4. The highest BCUT2D eigenvalue weighted by Gasteiger charge is 2.80. The molecule has 7 nitrogen and oxygen atoms in total. The molecule has 4 rings (SSSR count). The van der Waals surface area contributed by atoms with E-state index in [-0.39, 0.29) is 5.56 Å². The van der Waals surface area contributed by atoms with Crippen molar-refractivity contribution in [3.63, 3.8) is 0 Å². The monoisotopic (exact) mass is 740 g/mol. The minimum absolute atomic E-state index is 0.0336. The van der Waals surface area contributed by atoms with Crippen LogP contribution in [0.25, 0.3) is 0 Å². The number of nitrogens with one attached hydrogen (secondary N) is 2. The third kappa shape index (κ3) is 7.51. The number of benzene rings is 3. The molecule has 1 heterocycles. The molecule has 3 aromatic carbocycles. The molecule has 2 N–H and O–H groups in total. The molecule has 1 aliphatic rings. The minimum Gasteiger partial charge on any atom is -0.424 e. The van der Waals surface area contributed by atoms with E-state index in [9.17, 15) is 35.9 Å². The number of rotatable bonds is 8. The van der Waals surface area contributed by atoms with Crippen LogP contribution in [0.5, 0.6) is 0 Å². The van der Waals surface area contributed by atoms with Crippen LogP contribution in [-0.4, -0.2) is 59.5 Å². The van der Waals surface area contributed by atoms with Crippen LogP contribution in [0, 0.1) is 19.8 Å². The maximum absolute atomic E-state index is 15.2. The number of alkyl halides is 12. The van der Waals surface area contributed by atoms with E-state index >= 15 is 26.3 Å². The van der Waals surface area contributed by atoms with Crippen LogP contribution in [0.3, 0.4) is 0 Å². The molecule has 0 aliphatic carbocycles. The zero-order valence-electron chi connectivity index (χ0n) is 25.9. The normalized spacial score (nSPS) is 16.0. The number of carbonyl (C=O) groups is 2. The van der Waals surface area contributed by atoms with Gasteiger partial charge in [0.2, 0.25) is 17.7 Å². The smallest absolute Gasteiger partial charge is 0.424 e. The molecule has 0 saturated carbocycles. The van der Waals surface area contributed by atoms with E-state index in [1.165, 1.54) is 44.2 Å². The van der Waals surface area contributed by atoms with Crippen LogP contribution in [0.15, 0.2) is 88.8 Å². The Morgan fingerprint density at radius 2 is 1.20 bits per heavy atom. The summed E-state index contributed by atoms with van der Waals surface area (Å²) in [7, 11) is 0. The second kappa shape index (κ2) is 13.6. The Bertz CT molecular complexity index is 1770. The Morgan fingerprint density at radius 1 is 0.706 bits per heavy atom. The second-order valence-electron chi connectivity index (χ2n) is 11.3. The average Bonchev–Trinajstić information content (AvgIpc) is 3.02. The van der Waals surface area contributed by atoms with Gasteiger partial charge in [0.1, 0.15) is 0 Å². The fourth-order valence-electron chi connectivity index (χ4n) is 4.87. The van der Waals surface area contributed by atoms with E-state index in [1.54, 1.807) is 5.32 Å². The molecule has 0 fully saturated rings. The largest absolute Gasteiger partial charge is 0.443 e. The first-order valence-corrected chi connectivity index (χ1v) is 14.4. The Morgan fingerprint density at radius 3 is 1.67 bits per heavy atom. The van der Waals surface area contributed by atoms with Crippen molar-refractivity contribution < 1.29 is 67.0 Å². The Hall–Kier alpha value is -5.10. The van der Waals surface area contributed by atoms with Crippen molar-refractivity contribution in [3.05, 3.63) is 107 Å². The lowest BCUT2D eigenvalue weighted by Crippen LogP contribution is -2.75. The highest BCUT2D eigenvalue weighted by Crippen LogP contribution is 2.53. The molecular weight excluding hydrogens is 716 g/mol. The molecule has 0 radical (unpaired) electrons. The molecule has 51 heavy (non-hydrogen) atoms. The molecule has 0 spiro atoms. The first-order valence-electron chi connectivity index (χ1n) is 14.4. The zero-order chi connectivity index (χ0) is 38.2. The maximum Gasteiger partial charge on any atom is 0.443 e. The van der Waals surface area contributed by atoms with Crippen molar-refractivity contribution >= 4 is 23.6 Å². The first-order chi connectivity index (χ1) is 23.4. The highest BCUT2D eigenvalue weighted by molar-refractivity contribution is 6.11. The fraction of sp³-hybridized carbons (Fsp3) is 0.312. The standard InChI is InChI=1S/C32H24F12N4O3/c1-17-8-12-20(13-9-17)23(49)46-27(29(33,34)35,30(36,37)38)22(24(50)45-16-19-6-4-3-5-7-19)26-48-28(31(39,40)41,32(42,43)44)47-25(51-26)21-14-10-18(2)11-15-21/h3-15,22H,16H2,1-2H3,(H,45,50)(H,46,49). The van der Waals surface area contributed by atoms with Crippen molar-refractivity contribution in [2.75, 3.05) is 0 Å². The first kappa shape index (κ1) is 38.7. The summed E-state index contributed by atoms with van der Waals surface area (Å²) >= 11 is 0. The van der Waals surface area contributed by atoms with Gasteiger partial charge in [-0.15, -0.1) is 0 Å². The quantitative estimate of drug-likeness (QED) is 0.234. The number of nitrogens with zero attached hydrogens (tertiary/aromatic N) is 2. The van der Waals surface area contributed by atoms with E-state index in [0.29, 0.717) is 16.4 Å². The van der Waals surface area contributed by atoms with Crippen molar-refractivity contribution in [2.24, 2.45) is 15.9 Å². The Balaban J connectivity index is 2.08. The Labute approximate surface area is 280 Å². The summed E-state index contributed by atoms with van der Waals surface area (Å²) in [5, 5.41) is 2.36. The van der Waals surface area contributed by atoms with Gasteiger partial charge in [0.15, 0.2) is 5.92 Å². The summed E-state index contributed by atoms with van der Waals surface area (Å²) in [6.07, 6.45) is -27.1. The predicted octanol–water partition coefficient (Wildman–Crippen LogP) is 7.53. The van der Waals surface area contributed by atoms with Crippen LogP contribution in [0.1, 0.15) is 32.6 Å². The fourth-order valence-corrected chi connectivity index (χ4v) is 4.87. The second-order valence-corrected chi connectivity index (χ2v) is 11.3. The third-order valence-electron chi connectivity index (χ3n) is 7.60. The SMILES string of the molecule is Cc1ccc(C(=O)NC(C(C(=O)NCc2ccccc2)C2=NC(C(F)(F)F)(C(F)(F)F)N=C(c3ccc(C)cc3)O2)(C(F)(F)F)C(F)(F)F)cc1. The van der Waals surface area contributed by atoms with Crippen LogP contribution in [-0.2, 0) is 16.1 Å². The molecular formula is C32H24F12N4O3. The van der Waals surface area contributed by atoms with Gasteiger partial charge < -0.3 is 15.4 Å². The van der Waals surface area contributed by atoms with E-state index in [2.05, 4.69) is 9.98 Å². The number of ether oxygens (including phenoxy) is 1. The molecule has 3 aromatic rings. The maximum atomic E-state index is 15.2. The molecule has 1 aliphatic heterocycles. The number of hydrogen-bond donors (Lipinski definition) is 2. The van der Waals surface area contributed by atoms with Gasteiger partial charge in [-0.25, -0.2) is 9.98 Å². The lowest BCUT2D eigenvalue weighted by molar-refractivity contribution is -0.312. The van der Waals surface area contributed by atoms with Gasteiger partial charge in [-0.05, 0) is 43.7 Å². The number of aryl methyl sites for hydroxylation is 2. The lowest BCUT2D eigenvalue weighted by atomic mass is 9.80. The zero-order valence-corrected chi connectivity index (χ0v) is 25.9. The van der Waals surface area contributed by atoms with E-state index in [4.69, 9.17) is 4.74 Å². The molecule has 1 unspecified atom stereocenters. The average molecular weight is 741 g/mol. The summed E-state index contributed by atoms with van der Waals surface area (Å²) in [6, 6.07) is 14.3. The molecule has 0 bridgehead atoms. The van der Waals surface area contributed by atoms with Gasteiger partial charge in [-0.2, -0.15) is 52.7 Å².